The van der Waals surface area contributed by atoms with Crippen LogP contribution in [0.3, 0.4) is 0 Å². The fraction of sp³-hybridized carbons (Fsp3) is 0.292. The summed E-state index contributed by atoms with van der Waals surface area (Å²) in [6.07, 6.45) is 5.41. The van der Waals surface area contributed by atoms with Crippen LogP contribution in [0.15, 0.2) is 66.1 Å². The van der Waals surface area contributed by atoms with Crippen molar-refractivity contribution in [1.29, 1.82) is 0 Å². The molecule has 3 rings (SSSR count). The van der Waals surface area contributed by atoms with E-state index in [-0.39, 0.29) is 22.2 Å². The Balaban J connectivity index is 1.76. The molecule has 1 amide bonds. The maximum atomic E-state index is 13.3. The average molecular weight is 470 g/mol. The van der Waals surface area contributed by atoms with Gasteiger partial charge in [-0.15, -0.1) is 0 Å². The maximum Gasteiger partial charge on any atom is 0.258 e. The van der Waals surface area contributed by atoms with Crippen LogP contribution in [-0.2, 0) is 21.3 Å². The Morgan fingerprint density at radius 1 is 1.09 bits per heavy atom. The Bertz CT molecular complexity index is 1080. The highest BCUT2D eigenvalue weighted by molar-refractivity contribution is 7.84. The third kappa shape index (κ3) is 7.10. The van der Waals surface area contributed by atoms with Crippen molar-refractivity contribution in [3.63, 3.8) is 0 Å². The second-order valence-corrected chi connectivity index (χ2v) is 8.27. The average Bonchev–Trinajstić information content (AvgIpc) is 2.85. The lowest BCUT2D eigenvalue weighted by atomic mass is 10.2. The van der Waals surface area contributed by atoms with Gasteiger partial charge in [0.25, 0.3) is 5.91 Å². The van der Waals surface area contributed by atoms with Gasteiger partial charge in [0.2, 0.25) is 0 Å². The molecule has 0 aliphatic rings. The molecule has 9 heteroatoms. The summed E-state index contributed by atoms with van der Waals surface area (Å²) in [4.78, 5) is 21.0. The smallest absolute Gasteiger partial charge is 0.258 e. The minimum Gasteiger partial charge on any atom is -0.497 e. The number of benzene rings is 1. The SMILES string of the molecule is CCOCCCOc1cc(OC)ccc1CS(=O)c1ncccc1C(=O)Nc1ccncc1. The Morgan fingerprint density at radius 2 is 1.91 bits per heavy atom. The number of ether oxygens (including phenoxy) is 3. The Labute approximate surface area is 195 Å². The highest BCUT2D eigenvalue weighted by atomic mass is 32.2. The van der Waals surface area contributed by atoms with Gasteiger partial charge in [-0.1, -0.05) is 6.07 Å². The van der Waals surface area contributed by atoms with Crippen LogP contribution in [0.5, 0.6) is 11.5 Å². The molecule has 33 heavy (non-hydrogen) atoms. The van der Waals surface area contributed by atoms with Crippen molar-refractivity contribution in [2.45, 2.75) is 24.1 Å². The monoisotopic (exact) mass is 469 g/mol. The number of nitrogens with zero attached hydrogens (tertiary/aromatic N) is 2. The second kappa shape index (κ2) is 12.7. The van der Waals surface area contributed by atoms with Gasteiger partial charge in [0, 0.05) is 55.5 Å². The van der Waals surface area contributed by atoms with Gasteiger partial charge >= 0.3 is 0 Å². The molecule has 0 aliphatic heterocycles. The van der Waals surface area contributed by atoms with Gasteiger partial charge in [0.15, 0.2) is 0 Å². The maximum absolute atomic E-state index is 13.3. The third-order valence-corrected chi connectivity index (χ3v) is 5.96. The molecular weight excluding hydrogens is 442 g/mol. The fourth-order valence-electron chi connectivity index (χ4n) is 2.99. The van der Waals surface area contributed by atoms with Crippen molar-refractivity contribution >= 4 is 22.4 Å². The molecule has 0 aliphatic carbocycles. The minimum absolute atomic E-state index is 0.136. The van der Waals surface area contributed by atoms with E-state index in [1.54, 1.807) is 55.9 Å². The lowest BCUT2D eigenvalue weighted by Gasteiger charge is -2.14. The standard InChI is InChI=1S/C24H27N3O5S/c1-3-31-14-5-15-32-22-16-20(30-2)8-7-18(22)17-33(29)24-21(6-4-11-26-24)23(28)27-19-9-12-25-13-10-19/h4,6-13,16H,3,5,14-15,17H2,1-2H3,(H,25,27,28). The lowest BCUT2D eigenvalue weighted by Crippen LogP contribution is -2.16. The van der Waals surface area contributed by atoms with Crippen LogP contribution in [0.25, 0.3) is 0 Å². The van der Waals surface area contributed by atoms with Crippen molar-refractivity contribution in [3.05, 3.63) is 72.2 Å². The quantitative estimate of drug-likeness (QED) is 0.402. The zero-order valence-electron chi connectivity index (χ0n) is 18.7. The molecule has 174 valence electrons. The molecule has 0 radical (unpaired) electrons. The Morgan fingerprint density at radius 3 is 2.67 bits per heavy atom. The van der Waals surface area contributed by atoms with E-state index in [1.807, 2.05) is 13.0 Å². The van der Waals surface area contributed by atoms with Crippen LogP contribution in [0.4, 0.5) is 5.69 Å². The van der Waals surface area contributed by atoms with E-state index in [9.17, 15) is 9.00 Å². The van der Waals surface area contributed by atoms with Crippen LogP contribution in [0.2, 0.25) is 0 Å². The van der Waals surface area contributed by atoms with Crippen LogP contribution >= 0.6 is 0 Å². The van der Waals surface area contributed by atoms with Crippen molar-refractivity contribution in [2.75, 3.05) is 32.2 Å². The summed E-state index contributed by atoms with van der Waals surface area (Å²) in [7, 11) is -0.00652. The highest BCUT2D eigenvalue weighted by Gasteiger charge is 2.19. The molecular formula is C24H27N3O5S. The zero-order chi connectivity index (χ0) is 23.5. The number of carbonyl (C=O) groups is 1. The first-order chi connectivity index (χ1) is 16.1. The van der Waals surface area contributed by atoms with Gasteiger partial charge in [-0.25, -0.2) is 4.98 Å². The van der Waals surface area contributed by atoms with Gasteiger partial charge in [-0.2, -0.15) is 0 Å². The number of nitrogens with one attached hydrogen (secondary N) is 1. The van der Waals surface area contributed by atoms with Gasteiger partial charge < -0.3 is 19.5 Å². The van der Waals surface area contributed by atoms with Gasteiger partial charge in [-0.3, -0.25) is 14.0 Å². The number of hydrogen-bond acceptors (Lipinski definition) is 7. The normalized spacial score (nSPS) is 11.6. The van der Waals surface area contributed by atoms with Crippen molar-refractivity contribution in [1.82, 2.24) is 9.97 Å². The number of anilines is 1. The summed E-state index contributed by atoms with van der Waals surface area (Å²) in [6.45, 7) is 3.66. The largest absolute Gasteiger partial charge is 0.497 e. The van der Waals surface area contributed by atoms with E-state index < -0.39 is 10.8 Å². The number of methoxy groups -OCH3 is 1. The zero-order valence-corrected chi connectivity index (χ0v) is 19.5. The summed E-state index contributed by atoms with van der Waals surface area (Å²) in [5.41, 5.74) is 1.57. The van der Waals surface area contributed by atoms with E-state index in [0.29, 0.717) is 37.0 Å². The number of carbonyl (C=O) groups excluding carboxylic acids is 1. The topological polar surface area (TPSA) is 99.6 Å². The van der Waals surface area contributed by atoms with E-state index in [0.717, 1.165) is 12.0 Å². The first-order valence-corrected chi connectivity index (χ1v) is 11.9. The molecule has 0 saturated carbocycles. The Kier molecular flexibility index (Phi) is 9.34. The summed E-state index contributed by atoms with van der Waals surface area (Å²) < 4.78 is 29.8. The predicted molar refractivity (Wildman–Crippen MR) is 126 cm³/mol. The van der Waals surface area contributed by atoms with E-state index in [1.165, 1.54) is 6.20 Å². The molecule has 1 atom stereocenters. The summed E-state index contributed by atoms with van der Waals surface area (Å²) >= 11 is 0. The number of aromatic nitrogens is 2. The van der Waals surface area contributed by atoms with Crippen LogP contribution < -0.4 is 14.8 Å². The first-order valence-electron chi connectivity index (χ1n) is 10.5. The molecule has 2 heterocycles. The molecule has 1 aromatic carbocycles. The highest BCUT2D eigenvalue weighted by Crippen LogP contribution is 2.28. The molecule has 2 aromatic heterocycles. The number of hydrogen-bond donors (Lipinski definition) is 1. The van der Waals surface area contributed by atoms with Crippen molar-refractivity contribution in [3.8, 4) is 11.5 Å². The van der Waals surface area contributed by atoms with Crippen LogP contribution in [0, 0.1) is 0 Å². The number of pyridine rings is 2. The van der Waals surface area contributed by atoms with Crippen molar-refractivity contribution < 1.29 is 23.2 Å². The van der Waals surface area contributed by atoms with Gasteiger partial charge in [0.1, 0.15) is 16.5 Å². The number of amides is 1. The van der Waals surface area contributed by atoms with E-state index in [2.05, 4.69) is 15.3 Å². The Hall–Kier alpha value is -3.30. The molecule has 3 aromatic rings. The lowest BCUT2D eigenvalue weighted by molar-refractivity contribution is 0.102. The summed E-state index contributed by atoms with van der Waals surface area (Å²) in [5, 5.41) is 2.99. The fourth-order valence-corrected chi connectivity index (χ4v) is 4.23. The molecule has 1 unspecified atom stereocenters. The second-order valence-electron chi connectivity index (χ2n) is 6.91. The summed E-state index contributed by atoms with van der Waals surface area (Å²) in [5.74, 6) is 0.967. The third-order valence-electron chi connectivity index (χ3n) is 4.63. The van der Waals surface area contributed by atoms with Gasteiger partial charge in [0.05, 0.1) is 35.8 Å². The minimum atomic E-state index is -1.58. The van der Waals surface area contributed by atoms with Crippen molar-refractivity contribution in [2.24, 2.45) is 0 Å². The van der Waals surface area contributed by atoms with Crippen LogP contribution in [-0.4, -0.2) is 47.0 Å². The summed E-state index contributed by atoms with van der Waals surface area (Å²) in [6, 6.07) is 12.0. The van der Waals surface area contributed by atoms with Gasteiger partial charge in [-0.05, 0) is 37.3 Å². The first kappa shape index (κ1) is 24.3. The molecule has 0 bridgehead atoms. The number of rotatable bonds is 12. The molecule has 8 nitrogen and oxygen atoms in total. The predicted octanol–water partition coefficient (Wildman–Crippen LogP) is 3.85. The van der Waals surface area contributed by atoms with E-state index in [4.69, 9.17) is 14.2 Å². The van der Waals surface area contributed by atoms with Crippen LogP contribution in [0.1, 0.15) is 29.3 Å². The van der Waals surface area contributed by atoms with E-state index >= 15 is 0 Å². The molecule has 1 N–H and O–H groups in total. The molecule has 0 spiro atoms. The molecule has 0 fully saturated rings. The molecule has 0 saturated heterocycles.